The normalized spacial score (nSPS) is 11.3. The van der Waals surface area contributed by atoms with Crippen LogP contribution in [0.15, 0.2) is 45.8 Å². The monoisotopic (exact) mass is 358 g/mol. The highest BCUT2D eigenvalue weighted by Crippen LogP contribution is 2.26. The maximum atomic E-state index is 13.0. The van der Waals surface area contributed by atoms with Crippen LogP contribution in [0.25, 0.3) is 0 Å². The Morgan fingerprint density at radius 3 is 2.50 bits per heavy atom. The average Bonchev–Trinajstić information content (AvgIpc) is 2.32. The third-order valence-electron chi connectivity index (χ3n) is 2.68. The van der Waals surface area contributed by atoms with Gasteiger partial charge in [-0.05, 0) is 48.9 Å². The molecule has 7 heteroatoms. The predicted octanol–water partition coefficient (Wildman–Crippen LogP) is 3.28. The van der Waals surface area contributed by atoms with Gasteiger partial charge in [0.15, 0.2) is 0 Å². The Bertz CT molecular complexity index is 763. The van der Waals surface area contributed by atoms with Crippen molar-refractivity contribution in [2.45, 2.75) is 11.8 Å². The molecule has 0 saturated carbocycles. The summed E-state index contributed by atoms with van der Waals surface area (Å²) in [5, 5.41) is 0. The van der Waals surface area contributed by atoms with Crippen molar-refractivity contribution < 1.29 is 12.8 Å². The van der Waals surface area contributed by atoms with E-state index in [0.29, 0.717) is 11.3 Å². The van der Waals surface area contributed by atoms with Crippen LogP contribution >= 0.6 is 15.9 Å². The third-order valence-corrected chi connectivity index (χ3v) is 4.70. The van der Waals surface area contributed by atoms with Crippen molar-refractivity contribution in [2.75, 3.05) is 10.5 Å². The van der Waals surface area contributed by atoms with Crippen LogP contribution in [0.3, 0.4) is 0 Å². The van der Waals surface area contributed by atoms with Gasteiger partial charge in [-0.3, -0.25) is 4.72 Å². The molecular weight excluding hydrogens is 347 g/mol. The molecule has 0 atom stereocenters. The van der Waals surface area contributed by atoms with Gasteiger partial charge < -0.3 is 5.73 Å². The van der Waals surface area contributed by atoms with Gasteiger partial charge in [0.2, 0.25) is 0 Å². The summed E-state index contributed by atoms with van der Waals surface area (Å²) in [4.78, 5) is 0.0150. The molecule has 106 valence electrons. The van der Waals surface area contributed by atoms with E-state index in [0.717, 1.165) is 10.5 Å². The second kappa shape index (κ2) is 5.41. The van der Waals surface area contributed by atoms with Crippen molar-refractivity contribution in [1.29, 1.82) is 0 Å². The lowest BCUT2D eigenvalue weighted by Crippen LogP contribution is -2.15. The van der Waals surface area contributed by atoms with Crippen molar-refractivity contribution in [3.05, 3.63) is 52.3 Å². The van der Waals surface area contributed by atoms with Crippen LogP contribution < -0.4 is 10.5 Å². The number of nitrogens with one attached hydrogen (secondary N) is 1. The van der Waals surface area contributed by atoms with E-state index in [9.17, 15) is 12.8 Å². The molecule has 0 bridgehead atoms. The number of hydrogen-bond acceptors (Lipinski definition) is 3. The molecule has 0 amide bonds. The standard InChI is InChI=1S/C13H12BrFN2O2S/c1-8-6-10(15)3-5-13(8)20(18,19)17-12-4-2-9(14)7-11(12)16/h2-7,17H,16H2,1H3. The Morgan fingerprint density at radius 1 is 1.20 bits per heavy atom. The Hall–Kier alpha value is -1.60. The summed E-state index contributed by atoms with van der Waals surface area (Å²) in [6.45, 7) is 1.53. The van der Waals surface area contributed by atoms with Crippen molar-refractivity contribution in [2.24, 2.45) is 0 Å². The molecule has 0 aliphatic carbocycles. The third kappa shape index (κ3) is 3.10. The van der Waals surface area contributed by atoms with Crippen LogP contribution in [-0.4, -0.2) is 8.42 Å². The molecule has 0 aliphatic rings. The first-order valence-corrected chi connectivity index (χ1v) is 7.91. The van der Waals surface area contributed by atoms with Crippen LogP contribution in [0.5, 0.6) is 0 Å². The van der Waals surface area contributed by atoms with Crippen LogP contribution in [0.1, 0.15) is 5.56 Å². The molecule has 0 spiro atoms. The maximum Gasteiger partial charge on any atom is 0.262 e. The van der Waals surface area contributed by atoms with Crippen molar-refractivity contribution in [3.8, 4) is 0 Å². The summed E-state index contributed by atoms with van der Waals surface area (Å²) in [6, 6.07) is 8.31. The zero-order valence-corrected chi connectivity index (χ0v) is 12.9. The molecular formula is C13H12BrFN2O2S. The molecule has 2 aromatic carbocycles. The fraction of sp³-hybridized carbons (Fsp3) is 0.0769. The average molecular weight is 359 g/mol. The van der Waals surface area contributed by atoms with E-state index >= 15 is 0 Å². The minimum absolute atomic E-state index is 0.0150. The smallest absolute Gasteiger partial charge is 0.262 e. The van der Waals surface area contributed by atoms with Gasteiger partial charge in [0.05, 0.1) is 16.3 Å². The lowest BCUT2D eigenvalue weighted by atomic mass is 10.2. The summed E-state index contributed by atoms with van der Waals surface area (Å²) in [5.74, 6) is -0.482. The van der Waals surface area contributed by atoms with Gasteiger partial charge >= 0.3 is 0 Å². The highest BCUT2D eigenvalue weighted by atomic mass is 79.9. The summed E-state index contributed by atoms with van der Waals surface area (Å²) < 4.78 is 40.7. The fourth-order valence-electron chi connectivity index (χ4n) is 1.74. The Kier molecular flexibility index (Phi) is 4.01. The highest BCUT2D eigenvalue weighted by Gasteiger charge is 2.18. The van der Waals surface area contributed by atoms with Gasteiger partial charge in [0.1, 0.15) is 5.82 Å². The largest absolute Gasteiger partial charge is 0.397 e. The van der Waals surface area contributed by atoms with E-state index in [1.54, 1.807) is 18.2 Å². The topological polar surface area (TPSA) is 72.2 Å². The van der Waals surface area contributed by atoms with Crippen LogP contribution in [0.2, 0.25) is 0 Å². The van der Waals surface area contributed by atoms with Crippen molar-refractivity contribution in [3.63, 3.8) is 0 Å². The van der Waals surface area contributed by atoms with E-state index in [4.69, 9.17) is 5.73 Å². The van der Waals surface area contributed by atoms with E-state index in [1.807, 2.05) is 0 Å². The maximum absolute atomic E-state index is 13.0. The lowest BCUT2D eigenvalue weighted by Gasteiger charge is -2.12. The molecule has 4 nitrogen and oxygen atoms in total. The number of rotatable bonds is 3. The zero-order chi connectivity index (χ0) is 14.9. The quantitative estimate of drug-likeness (QED) is 0.827. The summed E-state index contributed by atoms with van der Waals surface area (Å²) in [7, 11) is -3.81. The lowest BCUT2D eigenvalue weighted by molar-refractivity contribution is 0.598. The number of aryl methyl sites for hydroxylation is 1. The minimum atomic E-state index is -3.81. The van der Waals surface area contributed by atoms with Crippen LogP contribution in [-0.2, 0) is 10.0 Å². The minimum Gasteiger partial charge on any atom is -0.397 e. The number of sulfonamides is 1. The second-order valence-corrected chi connectivity index (χ2v) is 6.81. The van der Waals surface area contributed by atoms with E-state index < -0.39 is 15.8 Å². The zero-order valence-electron chi connectivity index (χ0n) is 10.5. The molecule has 0 radical (unpaired) electrons. The van der Waals surface area contributed by atoms with E-state index in [-0.39, 0.29) is 10.6 Å². The van der Waals surface area contributed by atoms with Gasteiger partial charge in [-0.25, -0.2) is 12.8 Å². The van der Waals surface area contributed by atoms with Gasteiger partial charge in [-0.2, -0.15) is 0 Å². The first kappa shape index (κ1) is 14.8. The Labute approximate surface area is 125 Å². The highest BCUT2D eigenvalue weighted by molar-refractivity contribution is 9.10. The number of benzene rings is 2. The number of nitrogens with two attached hydrogens (primary N) is 1. The molecule has 0 fully saturated rings. The first-order valence-electron chi connectivity index (χ1n) is 5.63. The molecule has 0 aromatic heterocycles. The first-order chi connectivity index (χ1) is 9.29. The summed E-state index contributed by atoms with van der Waals surface area (Å²) in [6.07, 6.45) is 0. The number of hydrogen-bond donors (Lipinski definition) is 2. The van der Waals surface area contributed by atoms with Crippen molar-refractivity contribution in [1.82, 2.24) is 0 Å². The van der Waals surface area contributed by atoms with Gasteiger partial charge in [0.25, 0.3) is 10.0 Å². The second-order valence-electron chi connectivity index (χ2n) is 4.25. The molecule has 3 N–H and O–H groups in total. The summed E-state index contributed by atoms with van der Waals surface area (Å²) in [5.41, 5.74) is 6.65. The van der Waals surface area contributed by atoms with Crippen molar-refractivity contribution >= 4 is 37.3 Å². The molecule has 0 saturated heterocycles. The number of anilines is 2. The molecule has 2 aromatic rings. The van der Waals surface area contributed by atoms with Gasteiger partial charge in [0, 0.05) is 4.47 Å². The van der Waals surface area contributed by atoms with Gasteiger partial charge in [-0.1, -0.05) is 15.9 Å². The molecule has 0 heterocycles. The Morgan fingerprint density at radius 2 is 1.90 bits per heavy atom. The summed E-state index contributed by atoms with van der Waals surface area (Å²) >= 11 is 3.24. The molecule has 0 aliphatic heterocycles. The number of nitrogen functional groups attached to an aromatic ring is 1. The Balaban J connectivity index is 2.41. The SMILES string of the molecule is Cc1cc(F)ccc1S(=O)(=O)Nc1ccc(Br)cc1N. The van der Waals surface area contributed by atoms with Gasteiger partial charge in [-0.15, -0.1) is 0 Å². The van der Waals surface area contributed by atoms with E-state index in [1.165, 1.54) is 19.1 Å². The number of halogens is 2. The molecule has 2 rings (SSSR count). The molecule has 20 heavy (non-hydrogen) atoms. The van der Waals surface area contributed by atoms with E-state index in [2.05, 4.69) is 20.7 Å². The van der Waals surface area contributed by atoms with Crippen LogP contribution in [0.4, 0.5) is 15.8 Å². The molecule has 0 unspecified atom stereocenters. The fourth-order valence-corrected chi connectivity index (χ4v) is 3.43. The predicted molar refractivity (Wildman–Crippen MR) is 80.5 cm³/mol. The van der Waals surface area contributed by atoms with Crippen LogP contribution in [0, 0.1) is 12.7 Å².